The number of carbonyl (C=O) groups is 1. The first-order chi connectivity index (χ1) is 9.60. The fourth-order valence-corrected chi connectivity index (χ4v) is 2.09. The largest absolute Gasteiger partial charge is 0.322 e. The molecule has 1 aromatic heterocycles. The van der Waals surface area contributed by atoms with E-state index in [1.165, 1.54) is 0 Å². The maximum atomic E-state index is 12.1. The van der Waals surface area contributed by atoms with Gasteiger partial charge in [0.1, 0.15) is 0 Å². The van der Waals surface area contributed by atoms with Crippen LogP contribution in [0, 0.1) is 0 Å². The lowest BCUT2D eigenvalue weighted by Gasteiger charge is -2.12. The number of hydrogen-bond donors (Lipinski definition) is 2. The predicted octanol–water partition coefficient (Wildman–Crippen LogP) is 1.49. The van der Waals surface area contributed by atoms with Gasteiger partial charge in [-0.3, -0.25) is 9.48 Å². The Hall–Kier alpha value is -2.14. The minimum Gasteiger partial charge on any atom is -0.322 e. The molecule has 1 unspecified atom stereocenters. The highest BCUT2D eigenvalue weighted by Crippen LogP contribution is 2.14. The van der Waals surface area contributed by atoms with E-state index in [4.69, 9.17) is 5.73 Å². The van der Waals surface area contributed by atoms with Crippen LogP contribution in [0.15, 0.2) is 36.5 Å². The standard InChI is InChI=1S/C15H20N4O/c1-3-13-14(10-19(2)18-13)17-15(20)12(16)9-11-7-5-4-6-8-11/h4-8,10,12H,3,9,16H2,1-2H3,(H,17,20). The maximum Gasteiger partial charge on any atom is 0.241 e. The van der Waals surface area contributed by atoms with Gasteiger partial charge in [-0.1, -0.05) is 37.3 Å². The SMILES string of the molecule is CCc1nn(C)cc1NC(=O)C(N)Cc1ccccc1. The molecule has 0 spiro atoms. The van der Waals surface area contributed by atoms with E-state index in [0.29, 0.717) is 6.42 Å². The molecule has 5 heteroatoms. The van der Waals surface area contributed by atoms with Crippen LogP contribution < -0.4 is 11.1 Å². The maximum absolute atomic E-state index is 12.1. The van der Waals surface area contributed by atoms with Crippen molar-refractivity contribution in [2.24, 2.45) is 12.8 Å². The summed E-state index contributed by atoms with van der Waals surface area (Å²) in [5.74, 6) is -0.184. The molecule has 3 N–H and O–H groups in total. The second-order valence-electron chi connectivity index (χ2n) is 4.80. The Balaban J connectivity index is 2.00. The molecule has 106 valence electrons. The fraction of sp³-hybridized carbons (Fsp3) is 0.333. The number of amides is 1. The Morgan fingerprint density at radius 3 is 2.75 bits per heavy atom. The molecule has 2 rings (SSSR count). The van der Waals surface area contributed by atoms with Crippen LogP contribution in [-0.4, -0.2) is 21.7 Å². The monoisotopic (exact) mass is 272 g/mol. The molecule has 1 amide bonds. The summed E-state index contributed by atoms with van der Waals surface area (Å²) in [5, 5.41) is 7.14. The molecule has 1 atom stereocenters. The molecule has 20 heavy (non-hydrogen) atoms. The zero-order valence-corrected chi connectivity index (χ0v) is 11.8. The van der Waals surface area contributed by atoms with Crippen LogP contribution in [0.25, 0.3) is 0 Å². The highest BCUT2D eigenvalue weighted by Gasteiger charge is 2.16. The third-order valence-electron chi connectivity index (χ3n) is 3.13. The molecule has 1 aromatic carbocycles. The number of nitrogens with two attached hydrogens (primary N) is 1. The molecule has 5 nitrogen and oxygen atoms in total. The predicted molar refractivity (Wildman–Crippen MR) is 79.3 cm³/mol. The number of anilines is 1. The average molecular weight is 272 g/mol. The first kappa shape index (κ1) is 14.3. The van der Waals surface area contributed by atoms with Crippen LogP contribution in [0.3, 0.4) is 0 Å². The lowest BCUT2D eigenvalue weighted by atomic mass is 10.1. The second kappa shape index (κ2) is 6.34. The number of aromatic nitrogens is 2. The highest BCUT2D eigenvalue weighted by atomic mass is 16.2. The molecule has 0 saturated carbocycles. The molecule has 0 fully saturated rings. The first-order valence-corrected chi connectivity index (χ1v) is 6.73. The summed E-state index contributed by atoms with van der Waals surface area (Å²) in [6, 6.07) is 9.19. The molecule has 0 aliphatic rings. The minimum absolute atomic E-state index is 0.184. The number of benzene rings is 1. The minimum atomic E-state index is -0.567. The molecule has 0 aliphatic heterocycles. The van der Waals surface area contributed by atoms with Gasteiger partial charge in [0, 0.05) is 13.2 Å². The molecule has 0 saturated heterocycles. The van der Waals surface area contributed by atoms with Gasteiger partial charge in [-0.15, -0.1) is 0 Å². The molecule has 2 aromatic rings. The topological polar surface area (TPSA) is 72.9 Å². The Morgan fingerprint density at radius 1 is 1.40 bits per heavy atom. The van der Waals surface area contributed by atoms with Crippen molar-refractivity contribution < 1.29 is 4.79 Å². The van der Waals surface area contributed by atoms with E-state index in [1.54, 1.807) is 10.9 Å². The third-order valence-corrected chi connectivity index (χ3v) is 3.13. The van der Waals surface area contributed by atoms with Gasteiger partial charge in [0.15, 0.2) is 0 Å². The van der Waals surface area contributed by atoms with Crippen molar-refractivity contribution in [3.8, 4) is 0 Å². The lowest BCUT2D eigenvalue weighted by molar-refractivity contribution is -0.117. The Labute approximate surface area is 118 Å². The normalized spacial score (nSPS) is 12.2. The van der Waals surface area contributed by atoms with E-state index in [1.807, 2.05) is 44.3 Å². The summed E-state index contributed by atoms with van der Waals surface area (Å²) in [6.07, 6.45) is 3.09. The molecule has 0 bridgehead atoms. The Morgan fingerprint density at radius 2 is 2.10 bits per heavy atom. The van der Waals surface area contributed by atoms with Crippen molar-refractivity contribution in [3.63, 3.8) is 0 Å². The van der Waals surface area contributed by atoms with Crippen molar-refractivity contribution in [2.45, 2.75) is 25.8 Å². The molecule has 0 radical (unpaired) electrons. The van der Waals surface area contributed by atoms with Gasteiger partial charge in [-0.25, -0.2) is 0 Å². The summed E-state index contributed by atoms with van der Waals surface area (Å²) < 4.78 is 1.69. The van der Waals surface area contributed by atoms with Gasteiger partial charge in [0.05, 0.1) is 17.4 Å². The van der Waals surface area contributed by atoms with E-state index in [-0.39, 0.29) is 5.91 Å². The van der Waals surface area contributed by atoms with Crippen molar-refractivity contribution in [2.75, 3.05) is 5.32 Å². The second-order valence-corrected chi connectivity index (χ2v) is 4.80. The van der Waals surface area contributed by atoms with Crippen molar-refractivity contribution in [3.05, 3.63) is 47.8 Å². The van der Waals surface area contributed by atoms with Gasteiger partial charge >= 0.3 is 0 Å². The van der Waals surface area contributed by atoms with Gasteiger partial charge in [0.2, 0.25) is 5.91 Å². The lowest BCUT2D eigenvalue weighted by Crippen LogP contribution is -2.37. The Bertz CT molecular complexity index is 577. The van der Waals surface area contributed by atoms with Crippen LogP contribution in [0.2, 0.25) is 0 Å². The number of nitrogens with zero attached hydrogens (tertiary/aromatic N) is 2. The van der Waals surface area contributed by atoms with E-state index in [0.717, 1.165) is 23.4 Å². The van der Waals surface area contributed by atoms with Crippen LogP contribution >= 0.6 is 0 Å². The van der Waals surface area contributed by atoms with Crippen LogP contribution in [-0.2, 0) is 24.7 Å². The summed E-state index contributed by atoms with van der Waals surface area (Å²) in [4.78, 5) is 12.1. The van der Waals surface area contributed by atoms with Crippen LogP contribution in [0.4, 0.5) is 5.69 Å². The van der Waals surface area contributed by atoms with Gasteiger partial charge in [-0.2, -0.15) is 5.10 Å². The molecule has 0 aliphatic carbocycles. The van der Waals surface area contributed by atoms with Crippen LogP contribution in [0.1, 0.15) is 18.2 Å². The molecular formula is C15H20N4O. The molecule has 1 heterocycles. The van der Waals surface area contributed by atoms with Gasteiger partial charge in [0.25, 0.3) is 0 Å². The van der Waals surface area contributed by atoms with Crippen LogP contribution in [0.5, 0.6) is 0 Å². The summed E-state index contributed by atoms with van der Waals surface area (Å²) in [6.45, 7) is 2.00. The number of rotatable bonds is 5. The highest BCUT2D eigenvalue weighted by molar-refractivity contribution is 5.95. The van der Waals surface area contributed by atoms with E-state index in [9.17, 15) is 4.79 Å². The number of nitrogens with one attached hydrogen (secondary N) is 1. The van der Waals surface area contributed by atoms with Gasteiger partial charge in [-0.05, 0) is 18.4 Å². The van der Waals surface area contributed by atoms with E-state index in [2.05, 4.69) is 10.4 Å². The van der Waals surface area contributed by atoms with Crippen molar-refractivity contribution in [1.82, 2.24) is 9.78 Å². The molecular weight excluding hydrogens is 252 g/mol. The van der Waals surface area contributed by atoms with Crippen molar-refractivity contribution >= 4 is 11.6 Å². The zero-order valence-electron chi connectivity index (χ0n) is 11.8. The smallest absolute Gasteiger partial charge is 0.241 e. The summed E-state index contributed by atoms with van der Waals surface area (Å²) in [5.41, 5.74) is 8.62. The average Bonchev–Trinajstić information content (AvgIpc) is 2.79. The van der Waals surface area contributed by atoms with E-state index < -0.39 is 6.04 Å². The number of hydrogen-bond acceptors (Lipinski definition) is 3. The number of carbonyl (C=O) groups excluding carboxylic acids is 1. The summed E-state index contributed by atoms with van der Waals surface area (Å²) >= 11 is 0. The third kappa shape index (κ3) is 3.45. The first-order valence-electron chi connectivity index (χ1n) is 6.73. The number of aryl methyl sites for hydroxylation is 2. The fourth-order valence-electron chi connectivity index (χ4n) is 2.09. The Kier molecular flexibility index (Phi) is 4.53. The summed E-state index contributed by atoms with van der Waals surface area (Å²) in [7, 11) is 1.83. The van der Waals surface area contributed by atoms with E-state index >= 15 is 0 Å². The zero-order chi connectivity index (χ0) is 14.5. The van der Waals surface area contributed by atoms with Gasteiger partial charge < -0.3 is 11.1 Å². The quantitative estimate of drug-likeness (QED) is 0.866. The van der Waals surface area contributed by atoms with Crippen molar-refractivity contribution in [1.29, 1.82) is 0 Å².